The molecule has 3 aromatic rings. The third-order valence-corrected chi connectivity index (χ3v) is 4.51. The molecule has 0 unspecified atom stereocenters. The molecule has 0 radical (unpaired) electrons. The molecule has 7 nitrogen and oxygen atoms in total. The van der Waals surface area contributed by atoms with Gasteiger partial charge in [0.1, 0.15) is 5.75 Å². The van der Waals surface area contributed by atoms with Gasteiger partial charge in [0, 0.05) is 5.69 Å². The topological polar surface area (TPSA) is 69.0 Å². The minimum Gasteiger partial charge on any atom is -0.497 e. The standard InChI is InChI=1S/C18H20N4O3/c1-23-15-6-4-14(5-7-15)22-10-8-21(9-11-22)13-17-19-20-18(25-17)16-3-2-12-24-16/h2-7,12H,8-11,13H2,1H3/p+1. The van der Waals surface area contributed by atoms with E-state index >= 15 is 0 Å². The second-order valence-corrected chi connectivity index (χ2v) is 6.09. The van der Waals surface area contributed by atoms with Crippen molar-refractivity contribution in [2.75, 3.05) is 38.2 Å². The van der Waals surface area contributed by atoms with Crippen LogP contribution >= 0.6 is 0 Å². The molecule has 1 aliphatic heterocycles. The molecule has 4 rings (SSSR count). The van der Waals surface area contributed by atoms with Crippen LogP contribution in [0.5, 0.6) is 5.75 Å². The summed E-state index contributed by atoms with van der Waals surface area (Å²) in [5, 5.41) is 8.19. The first kappa shape index (κ1) is 15.7. The molecule has 0 atom stereocenters. The Bertz CT molecular complexity index is 790. The van der Waals surface area contributed by atoms with Crippen LogP contribution in [0.2, 0.25) is 0 Å². The Hall–Kier alpha value is -2.80. The van der Waals surface area contributed by atoms with Gasteiger partial charge in [-0.3, -0.25) is 0 Å². The molecule has 1 aromatic carbocycles. The Morgan fingerprint density at radius 3 is 2.60 bits per heavy atom. The highest BCUT2D eigenvalue weighted by atomic mass is 16.5. The maximum atomic E-state index is 5.70. The SMILES string of the molecule is COc1ccc(N2CC[NH+](Cc3nnc(-c4ccco4)o3)CC2)cc1. The fraction of sp³-hybridized carbons (Fsp3) is 0.333. The van der Waals surface area contributed by atoms with E-state index in [4.69, 9.17) is 13.6 Å². The third kappa shape index (κ3) is 3.51. The zero-order valence-corrected chi connectivity index (χ0v) is 14.1. The average molecular weight is 341 g/mol. The Morgan fingerprint density at radius 1 is 1.12 bits per heavy atom. The van der Waals surface area contributed by atoms with Crippen LogP contribution < -0.4 is 14.5 Å². The van der Waals surface area contributed by atoms with Crippen LogP contribution in [0.15, 0.2) is 51.5 Å². The van der Waals surface area contributed by atoms with Crippen molar-refractivity contribution in [2.45, 2.75) is 6.54 Å². The number of nitrogens with zero attached hydrogens (tertiary/aromatic N) is 3. The Morgan fingerprint density at radius 2 is 1.92 bits per heavy atom. The lowest BCUT2D eigenvalue weighted by Crippen LogP contribution is -3.13. The number of hydrogen-bond donors (Lipinski definition) is 1. The average Bonchev–Trinajstić information content (AvgIpc) is 3.34. The van der Waals surface area contributed by atoms with Gasteiger partial charge in [-0.05, 0) is 36.4 Å². The van der Waals surface area contributed by atoms with Crippen LogP contribution in [-0.4, -0.2) is 43.5 Å². The lowest BCUT2D eigenvalue weighted by atomic mass is 10.2. The number of furan rings is 1. The van der Waals surface area contributed by atoms with Crippen LogP contribution in [0.4, 0.5) is 5.69 Å². The lowest BCUT2D eigenvalue weighted by Gasteiger charge is -2.33. The molecule has 7 heteroatoms. The van der Waals surface area contributed by atoms with Gasteiger partial charge in [-0.15, -0.1) is 10.2 Å². The summed E-state index contributed by atoms with van der Waals surface area (Å²) in [5.41, 5.74) is 1.23. The number of benzene rings is 1. The van der Waals surface area contributed by atoms with Crippen molar-refractivity contribution in [1.29, 1.82) is 0 Å². The molecule has 1 aliphatic rings. The second kappa shape index (κ2) is 6.98. The van der Waals surface area contributed by atoms with Crippen molar-refractivity contribution < 1.29 is 18.5 Å². The van der Waals surface area contributed by atoms with E-state index in [0.29, 0.717) is 17.5 Å². The number of rotatable bonds is 5. The van der Waals surface area contributed by atoms with E-state index in [0.717, 1.165) is 38.5 Å². The van der Waals surface area contributed by atoms with E-state index in [1.165, 1.54) is 10.6 Å². The van der Waals surface area contributed by atoms with Crippen LogP contribution in [0.3, 0.4) is 0 Å². The van der Waals surface area contributed by atoms with Crippen molar-refractivity contribution in [3.63, 3.8) is 0 Å². The normalized spacial score (nSPS) is 15.5. The fourth-order valence-corrected chi connectivity index (χ4v) is 3.09. The van der Waals surface area contributed by atoms with E-state index in [2.05, 4.69) is 27.2 Å². The van der Waals surface area contributed by atoms with Gasteiger partial charge in [-0.1, -0.05) is 0 Å². The second-order valence-electron chi connectivity index (χ2n) is 6.09. The number of ether oxygens (including phenoxy) is 1. The highest BCUT2D eigenvalue weighted by Gasteiger charge is 2.23. The van der Waals surface area contributed by atoms with Gasteiger partial charge in [0.2, 0.25) is 0 Å². The summed E-state index contributed by atoms with van der Waals surface area (Å²) >= 11 is 0. The summed E-state index contributed by atoms with van der Waals surface area (Å²) < 4.78 is 16.2. The van der Waals surface area contributed by atoms with E-state index in [-0.39, 0.29) is 0 Å². The van der Waals surface area contributed by atoms with E-state index in [1.807, 2.05) is 24.3 Å². The molecule has 0 saturated carbocycles. The number of anilines is 1. The lowest BCUT2D eigenvalue weighted by molar-refractivity contribution is -0.915. The summed E-state index contributed by atoms with van der Waals surface area (Å²) in [7, 11) is 1.69. The van der Waals surface area contributed by atoms with E-state index < -0.39 is 0 Å². The minimum absolute atomic E-state index is 0.441. The van der Waals surface area contributed by atoms with Gasteiger partial charge in [-0.2, -0.15) is 0 Å². The predicted molar refractivity (Wildman–Crippen MR) is 91.6 cm³/mol. The highest BCUT2D eigenvalue weighted by molar-refractivity contribution is 5.49. The maximum Gasteiger partial charge on any atom is 0.283 e. The summed E-state index contributed by atoms with van der Waals surface area (Å²) in [4.78, 5) is 3.84. The first-order valence-electron chi connectivity index (χ1n) is 8.40. The van der Waals surface area contributed by atoms with Gasteiger partial charge in [0.25, 0.3) is 11.8 Å². The zero-order chi connectivity index (χ0) is 17.1. The largest absolute Gasteiger partial charge is 0.497 e. The summed E-state index contributed by atoms with van der Waals surface area (Å²) in [6.45, 7) is 4.81. The predicted octanol–water partition coefficient (Wildman–Crippen LogP) is 1.24. The van der Waals surface area contributed by atoms with Crippen LogP contribution in [0, 0.1) is 0 Å². The van der Waals surface area contributed by atoms with Crippen LogP contribution in [0.1, 0.15) is 5.89 Å². The molecule has 1 N–H and O–H groups in total. The van der Waals surface area contributed by atoms with Gasteiger partial charge >= 0.3 is 0 Å². The Kier molecular flexibility index (Phi) is 4.39. The molecule has 3 heterocycles. The van der Waals surface area contributed by atoms with Crippen molar-refractivity contribution in [3.8, 4) is 17.4 Å². The zero-order valence-electron chi connectivity index (χ0n) is 14.1. The molecule has 0 bridgehead atoms. The molecule has 1 saturated heterocycles. The molecule has 0 aliphatic carbocycles. The smallest absolute Gasteiger partial charge is 0.283 e. The third-order valence-electron chi connectivity index (χ3n) is 4.51. The Balaban J connectivity index is 1.33. The van der Waals surface area contributed by atoms with E-state index in [9.17, 15) is 0 Å². The molecular weight excluding hydrogens is 320 g/mol. The first-order valence-corrected chi connectivity index (χ1v) is 8.40. The molecule has 0 amide bonds. The molecule has 25 heavy (non-hydrogen) atoms. The van der Waals surface area contributed by atoms with Gasteiger partial charge in [-0.25, -0.2) is 0 Å². The number of nitrogens with one attached hydrogen (secondary N) is 1. The summed E-state index contributed by atoms with van der Waals surface area (Å²) in [5.74, 6) is 2.59. The highest BCUT2D eigenvalue weighted by Crippen LogP contribution is 2.19. The molecule has 130 valence electrons. The molecule has 2 aromatic heterocycles. The van der Waals surface area contributed by atoms with Crippen molar-refractivity contribution >= 4 is 5.69 Å². The van der Waals surface area contributed by atoms with Gasteiger partial charge in [0.05, 0.1) is 39.6 Å². The number of piperazine rings is 1. The van der Waals surface area contributed by atoms with Crippen molar-refractivity contribution in [2.24, 2.45) is 0 Å². The molecular formula is C18H21N4O3+. The summed E-state index contributed by atoms with van der Waals surface area (Å²) in [6.07, 6.45) is 1.60. The van der Waals surface area contributed by atoms with Crippen molar-refractivity contribution in [1.82, 2.24) is 10.2 Å². The van der Waals surface area contributed by atoms with Crippen LogP contribution in [0.25, 0.3) is 11.7 Å². The number of hydrogen-bond acceptors (Lipinski definition) is 6. The van der Waals surface area contributed by atoms with Crippen LogP contribution in [-0.2, 0) is 6.54 Å². The summed E-state index contributed by atoms with van der Waals surface area (Å²) in [6, 6.07) is 11.8. The quantitative estimate of drug-likeness (QED) is 0.753. The monoisotopic (exact) mass is 341 g/mol. The first-order chi connectivity index (χ1) is 12.3. The Labute approximate surface area is 145 Å². The maximum absolute atomic E-state index is 5.70. The van der Waals surface area contributed by atoms with Crippen molar-refractivity contribution in [3.05, 3.63) is 48.6 Å². The molecule has 1 fully saturated rings. The number of methoxy groups -OCH3 is 1. The van der Waals surface area contributed by atoms with E-state index in [1.54, 1.807) is 13.4 Å². The van der Waals surface area contributed by atoms with Gasteiger partial charge in [0.15, 0.2) is 12.3 Å². The number of aromatic nitrogens is 2. The molecule has 0 spiro atoms. The number of quaternary nitrogens is 1. The fourth-order valence-electron chi connectivity index (χ4n) is 3.09. The minimum atomic E-state index is 0.441. The van der Waals surface area contributed by atoms with Gasteiger partial charge < -0.3 is 23.4 Å².